The van der Waals surface area contributed by atoms with Crippen LogP contribution in [0.25, 0.3) is 0 Å². The van der Waals surface area contributed by atoms with Crippen molar-refractivity contribution in [1.82, 2.24) is 20.0 Å². The number of hydrogen-bond acceptors (Lipinski definition) is 7. The van der Waals surface area contributed by atoms with E-state index >= 15 is 4.39 Å². The molecule has 1 saturated carbocycles. The molecule has 3 aliphatic heterocycles. The Balaban J connectivity index is 1.29. The van der Waals surface area contributed by atoms with Gasteiger partial charge in [-0.1, -0.05) is 12.8 Å². The Morgan fingerprint density at radius 1 is 1.19 bits per heavy atom. The van der Waals surface area contributed by atoms with Gasteiger partial charge in [0.1, 0.15) is 12.3 Å². The van der Waals surface area contributed by atoms with Crippen LogP contribution in [0.3, 0.4) is 0 Å². The molecule has 2 N–H and O–H groups in total. The summed E-state index contributed by atoms with van der Waals surface area (Å²) in [4.78, 5) is 23.1. The largest absolute Gasteiger partial charge is 0.489 e. The van der Waals surface area contributed by atoms with Gasteiger partial charge in [0.2, 0.25) is 5.96 Å². The van der Waals surface area contributed by atoms with Gasteiger partial charge in [0, 0.05) is 44.6 Å². The van der Waals surface area contributed by atoms with E-state index in [1.165, 1.54) is 23.8 Å². The third kappa shape index (κ3) is 4.91. The summed E-state index contributed by atoms with van der Waals surface area (Å²) in [7, 11) is 3.24. The minimum atomic E-state index is -0.645. The van der Waals surface area contributed by atoms with E-state index in [-0.39, 0.29) is 23.4 Å². The van der Waals surface area contributed by atoms with Crippen molar-refractivity contribution in [3.8, 4) is 5.75 Å². The van der Waals surface area contributed by atoms with Gasteiger partial charge < -0.3 is 25.2 Å². The van der Waals surface area contributed by atoms with Crippen molar-refractivity contribution in [2.24, 2.45) is 4.99 Å². The number of hydrogen-bond donors (Lipinski definition) is 2. The molecular formula is C26H34F2N6O2. The summed E-state index contributed by atoms with van der Waals surface area (Å²) in [5, 5.41) is 6.04. The van der Waals surface area contributed by atoms with Crippen LogP contribution in [0.2, 0.25) is 0 Å². The van der Waals surface area contributed by atoms with Crippen molar-refractivity contribution >= 4 is 17.6 Å². The molecule has 36 heavy (non-hydrogen) atoms. The number of rotatable bonds is 7. The van der Waals surface area contributed by atoms with Crippen molar-refractivity contribution in [2.45, 2.75) is 50.7 Å². The number of anilines is 1. The van der Waals surface area contributed by atoms with E-state index in [1.54, 1.807) is 32.4 Å². The molecule has 1 saturated heterocycles. The number of likely N-dealkylation sites (tertiary alicyclic amines) is 1. The number of likely N-dealkylation sites (N-methyl/N-ethyl adjacent to an activating group) is 1. The Labute approximate surface area is 210 Å². The van der Waals surface area contributed by atoms with Gasteiger partial charge in [0.25, 0.3) is 5.91 Å². The summed E-state index contributed by atoms with van der Waals surface area (Å²) >= 11 is 0. The van der Waals surface area contributed by atoms with E-state index in [4.69, 9.17) is 9.73 Å². The quantitative estimate of drug-likeness (QED) is 0.598. The standard InChI is InChI=1S/C26H34F2N6O2/c1-32(2)25(35)23-22(28)19-16-29-26(31-24(19)34(23)18-7-3-4-8-18)30-17-9-10-21(20(27)15-17)36-14-13-33-11-5-6-12-33/h9-10,15-16,18,24H,3-8,11-14H2,1-2H3,(H2,29,30,31). The molecule has 1 amide bonds. The van der Waals surface area contributed by atoms with Crippen LogP contribution >= 0.6 is 0 Å². The second-order valence-electron chi connectivity index (χ2n) is 9.97. The highest BCUT2D eigenvalue weighted by Crippen LogP contribution is 2.42. The van der Waals surface area contributed by atoms with E-state index in [2.05, 4.69) is 15.5 Å². The van der Waals surface area contributed by atoms with Gasteiger partial charge in [-0.05, 0) is 50.9 Å². The Hall–Kier alpha value is -3.14. The van der Waals surface area contributed by atoms with Gasteiger partial charge in [-0.3, -0.25) is 9.69 Å². The molecule has 2 fully saturated rings. The SMILES string of the molecule is CN(C)C(=O)C1=C(F)C2=CNC(Nc3ccc(OCCN4CCCC4)c(F)c3)=NC2N1C1CCCC1. The van der Waals surface area contributed by atoms with Crippen LogP contribution in [0.1, 0.15) is 38.5 Å². The second-order valence-corrected chi connectivity index (χ2v) is 9.97. The molecule has 1 unspecified atom stereocenters. The number of benzene rings is 1. The molecule has 1 atom stereocenters. The highest BCUT2D eigenvalue weighted by atomic mass is 19.1. The second kappa shape index (κ2) is 10.5. The van der Waals surface area contributed by atoms with Crippen molar-refractivity contribution in [3.05, 3.63) is 47.3 Å². The maximum absolute atomic E-state index is 15.4. The molecule has 1 aromatic rings. The zero-order chi connectivity index (χ0) is 25.2. The number of guanidine groups is 1. The van der Waals surface area contributed by atoms with Crippen LogP contribution in [0.4, 0.5) is 14.5 Å². The number of fused-ring (bicyclic) bond motifs is 1. The van der Waals surface area contributed by atoms with Crippen molar-refractivity contribution in [1.29, 1.82) is 0 Å². The lowest BCUT2D eigenvalue weighted by Crippen LogP contribution is -2.45. The minimum absolute atomic E-state index is 0.0445. The molecule has 0 radical (unpaired) electrons. The molecule has 0 aromatic heterocycles. The third-order valence-corrected chi connectivity index (χ3v) is 7.26. The van der Waals surface area contributed by atoms with E-state index in [1.807, 2.05) is 4.90 Å². The molecule has 194 valence electrons. The van der Waals surface area contributed by atoms with Crippen molar-refractivity contribution in [2.75, 3.05) is 45.7 Å². The number of nitrogens with one attached hydrogen (secondary N) is 2. The summed E-state index contributed by atoms with van der Waals surface area (Å²) in [6.45, 7) is 3.38. The lowest BCUT2D eigenvalue weighted by atomic mass is 10.1. The summed E-state index contributed by atoms with van der Waals surface area (Å²) in [5.74, 6) is -0.805. The lowest BCUT2D eigenvalue weighted by molar-refractivity contribution is -0.126. The maximum atomic E-state index is 15.4. The van der Waals surface area contributed by atoms with Crippen molar-refractivity contribution < 1.29 is 18.3 Å². The predicted octanol–water partition coefficient (Wildman–Crippen LogP) is 3.41. The number of amides is 1. The number of nitrogens with zero attached hydrogens (tertiary/aromatic N) is 4. The summed E-state index contributed by atoms with van der Waals surface area (Å²) in [6.07, 6.45) is 7.16. The number of aliphatic imine (C=N–C) groups is 1. The Bertz CT molecular complexity index is 1090. The Morgan fingerprint density at radius 2 is 1.94 bits per heavy atom. The van der Waals surface area contributed by atoms with Gasteiger partial charge >= 0.3 is 0 Å². The molecule has 0 spiro atoms. The van der Waals surface area contributed by atoms with Crippen molar-refractivity contribution in [3.63, 3.8) is 0 Å². The average molecular weight is 501 g/mol. The first-order chi connectivity index (χ1) is 17.4. The van der Waals surface area contributed by atoms with E-state index < -0.39 is 17.8 Å². The highest BCUT2D eigenvalue weighted by Gasteiger charge is 2.45. The molecule has 4 aliphatic rings. The van der Waals surface area contributed by atoms with Crippen LogP contribution in [-0.2, 0) is 4.79 Å². The predicted molar refractivity (Wildman–Crippen MR) is 135 cm³/mol. The van der Waals surface area contributed by atoms with Crippen LogP contribution in [0.5, 0.6) is 5.75 Å². The molecule has 1 aliphatic carbocycles. The first-order valence-corrected chi connectivity index (χ1v) is 12.8. The summed E-state index contributed by atoms with van der Waals surface area (Å²) in [5.41, 5.74) is 0.896. The molecule has 5 rings (SSSR count). The van der Waals surface area contributed by atoms with Crippen LogP contribution in [-0.4, -0.2) is 79.1 Å². The lowest BCUT2D eigenvalue weighted by Gasteiger charge is -2.34. The Morgan fingerprint density at radius 3 is 2.64 bits per heavy atom. The van der Waals surface area contributed by atoms with E-state index in [0.717, 1.165) is 45.3 Å². The topological polar surface area (TPSA) is 72.4 Å². The molecule has 8 nitrogen and oxygen atoms in total. The maximum Gasteiger partial charge on any atom is 0.272 e. The van der Waals surface area contributed by atoms with Gasteiger partial charge in [-0.2, -0.15) is 0 Å². The average Bonchev–Trinajstić information content (AvgIpc) is 3.61. The molecule has 10 heteroatoms. The first kappa shape index (κ1) is 24.5. The van der Waals surface area contributed by atoms with Gasteiger partial charge in [0.15, 0.2) is 23.6 Å². The van der Waals surface area contributed by atoms with Gasteiger partial charge in [-0.15, -0.1) is 0 Å². The van der Waals surface area contributed by atoms with Crippen LogP contribution < -0.4 is 15.4 Å². The molecule has 3 heterocycles. The fourth-order valence-electron chi connectivity index (χ4n) is 5.38. The zero-order valence-electron chi connectivity index (χ0n) is 20.9. The molecule has 1 aromatic carbocycles. The number of carbonyl (C=O) groups is 1. The van der Waals surface area contributed by atoms with E-state index in [0.29, 0.717) is 23.8 Å². The Kier molecular flexibility index (Phi) is 7.13. The monoisotopic (exact) mass is 500 g/mol. The first-order valence-electron chi connectivity index (χ1n) is 12.8. The minimum Gasteiger partial charge on any atom is -0.489 e. The number of carbonyl (C=O) groups excluding carboxylic acids is 1. The molecule has 0 bridgehead atoms. The molecular weight excluding hydrogens is 466 g/mol. The third-order valence-electron chi connectivity index (χ3n) is 7.26. The summed E-state index contributed by atoms with van der Waals surface area (Å²) < 4.78 is 35.8. The fourth-order valence-corrected chi connectivity index (χ4v) is 5.38. The summed E-state index contributed by atoms with van der Waals surface area (Å²) in [6, 6.07) is 4.73. The van der Waals surface area contributed by atoms with Gasteiger partial charge in [0.05, 0.1) is 5.57 Å². The fraction of sp³-hybridized carbons (Fsp3) is 0.538. The normalized spacial score (nSPS) is 22.3. The highest BCUT2D eigenvalue weighted by molar-refractivity contribution is 5.98. The number of ether oxygens (including phenoxy) is 1. The van der Waals surface area contributed by atoms with Crippen LogP contribution in [0, 0.1) is 5.82 Å². The zero-order valence-corrected chi connectivity index (χ0v) is 20.9. The smallest absolute Gasteiger partial charge is 0.272 e. The van der Waals surface area contributed by atoms with Crippen LogP contribution in [0.15, 0.2) is 46.5 Å². The van der Waals surface area contributed by atoms with E-state index in [9.17, 15) is 9.18 Å². The van der Waals surface area contributed by atoms with Gasteiger partial charge in [-0.25, -0.2) is 13.8 Å². The number of halogens is 2.